The zero-order valence-corrected chi connectivity index (χ0v) is 26.1. The molecule has 0 unspecified atom stereocenters. The van der Waals surface area contributed by atoms with Crippen molar-refractivity contribution in [2.75, 3.05) is 17.1 Å². The van der Waals surface area contributed by atoms with Crippen LogP contribution in [0.1, 0.15) is 42.5 Å². The maximum atomic E-state index is 14.2. The molecular formula is C31H38BrN3O4S. The molecule has 0 bridgehead atoms. The predicted molar refractivity (Wildman–Crippen MR) is 165 cm³/mol. The second-order valence-electron chi connectivity index (χ2n) is 10.2. The van der Waals surface area contributed by atoms with Gasteiger partial charge in [-0.05, 0) is 67.6 Å². The predicted octanol–water partition coefficient (Wildman–Crippen LogP) is 5.39. The highest BCUT2D eigenvalue weighted by atomic mass is 79.9. The lowest BCUT2D eigenvalue weighted by Crippen LogP contribution is -2.54. The Morgan fingerprint density at radius 1 is 0.950 bits per heavy atom. The van der Waals surface area contributed by atoms with Crippen LogP contribution in [-0.2, 0) is 32.6 Å². The Labute approximate surface area is 246 Å². The average Bonchev–Trinajstić information content (AvgIpc) is 2.90. The van der Waals surface area contributed by atoms with Crippen molar-refractivity contribution in [1.82, 2.24) is 10.2 Å². The smallest absolute Gasteiger partial charge is 0.244 e. The van der Waals surface area contributed by atoms with Crippen LogP contribution in [0.3, 0.4) is 0 Å². The van der Waals surface area contributed by atoms with Gasteiger partial charge in [0.05, 0.1) is 11.9 Å². The standard InChI is InChI=1S/C31H38BrN3O4S/c1-6-23(3)33-31(37)29(19-25-13-8-7-9-14-25)34(20-26-15-11-16-27(32)18-26)30(36)21-35(40(5,38)39)28-17-10-12-22(2)24(28)4/h7-18,23,29H,6,19-21H2,1-5H3,(H,33,37)/t23-,29-/m1/s1. The van der Waals surface area contributed by atoms with E-state index in [0.29, 0.717) is 5.69 Å². The van der Waals surface area contributed by atoms with Gasteiger partial charge in [-0.1, -0.05) is 77.5 Å². The quantitative estimate of drug-likeness (QED) is 0.292. The van der Waals surface area contributed by atoms with Gasteiger partial charge in [-0.3, -0.25) is 13.9 Å². The largest absolute Gasteiger partial charge is 0.352 e. The highest BCUT2D eigenvalue weighted by molar-refractivity contribution is 9.10. The Morgan fingerprint density at radius 3 is 2.23 bits per heavy atom. The molecule has 0 aliphatic rings. The molecule has 0 spiro atoms. The number of aryl methyl sites for hydroxylation is 1. The van der Waals surface area contributed by atoms with Crippen molar-refractivity contribution in [2.45, 2.75) is 59.2 Å². The van der Waals surface area contributed by atoms with E-state index in [1.165, 1.54) is 4.90 Å². The number of nitrogens with zero attached hydrogens (tertiary/aromatic N) is 2. The van der Waals surface area contributed by atoms with Crippen molar-refractivity contribution < 1.29 is 18.0 Å². The number of carbonyl (C=O) groups excluding carboxylic acids is 2. The molecule has 0 saturated carbocycles. The fourth-order valence-corrected chi connectivity index (χ4v) is 5.77. The molecule has 2 atom stereocenters. The molecule has 0 radical (unpaired) electrons. The van der Waals surface area contributed by atoms with E-state index in [2.05, 4.69) is 21.2 Å². The van der Waals surface area contributed by atoms with Gasteiger partial charge in [-0.15, -0.1) is 0 Å². The first-order valence-corrected chi connectivity index (χ1v) is 16.0. The molecule has 3 rings (SSSR count). The van der Waals surface area contributed by atoms with Crippen molar-refractivity contribution in [3.05, 3.63) is 99.5 Å². The number of hydrogen-bond donors (Lipinski definition) is 1. The second-order valence-corrected chi connectivity index (χ2v) is 13.0. The maximum absolute atomic E-state index is 14.2. The second kappa shape index (κ2) is 13.9. The minimum absolute atomic E-state index is 0.0870. The maximum Gasteiger partial charge on any atom is 0.244 e. The van der Waals surface area contributed by atoms with Gasteiger partial charge in [-0.2, -0.15) is 0 Å². The van der Waals surface area contributed by atoms with Crippen LogP contribution in [0.5, 0.6) is 0 Å². The first-order valence-electron chi connectivity index (χ1n) is 13.3. The number of rotatable bonds is 12. The lowest BCUT2D eigenvalue weighted by molar-refractivity contribution is -0.140. The lowest BCUT2D eigenvalue weighted by Gasteiger charge is -2.34. The van der Waals surface area contributed by atoms with E-state index in [4.69, 9.17) is 0 Å². The Balaban J connectivity index is 2.09. The van der Waals surface area contributed by atoms with Crippen LogP contribution < -0.4 is 9.62 Å². The van der Waals surface area contributed by atoms with Crippen molar-refractivity contribution in [3.63, 3.8) is 0 Å². The normalized spacial score (nSPS) is 12.8. The van der Waals surface area contributed by atoms with Crippen LogP contribution in [0.25, 0.3) is 0 Å². The van der Waals surface area contributed by atoms with Crippen molar-refractivity contribution in [2.24, 2.45) is 0 Å². The topological polar surface area (TPSA) is 86.8 Å². The Bertz CT molecular complexity index is 1430. The summed E-state index contributed by atoms with van der Waals surface area (Å²) < 4.78 is 28.0. The van der Waals surface area contributed by atoms with E-state index in [0.717, 1.165) is 43.7 Å². The van der Waals surface area contributed by atoms with Gasteiger partial charge in [0.1, 0.15) is 12.6 Å². The van der Waals surface area contributed by atoms with Gasteiger partial charge in [0.2, 0.25) is 21.8 Å². The highest BCUT2D eigenvalue weighted by Gasteiger charge is 2.33. The third-order valence-electron chi connectivity index (χ3n) is 7.04. The summed E-state index contributed by atoms with van der Waals surface area (Å²) in [5, 5.41) is 3.04. The Kier molecular flexibility index (Phi) is 10.9. The molecule has 1 N–H and O–H groups in total. The van der Waals surface area contributed by atoms with Crippen LogP contribution in [0, 0.1) is 13.8 Å². The number of carbonyl (C=O) groups is 2. The van der Waals surface area contributed by atoms with Gasteiger partial charge in [-0.25, -0.2) is 8.42 Å². The van der Waals surface area contributed by atoms with Crippen LogP contribution in [0.4, 0.5) is 5.69 Å². The fourth-order valence-electron chi connectivity index (χ4n) is 4.43. The summed E-state index contributed by atoms with van der Waals surface area (Å²) in [7, 11) is -3.82. The van der Waals surface area contributed by atoms with Crippen molar-refractivity contribution in [3.8, 4) is 0 Å². The minimum atomic E-state index is -3.82. The number of amides is 2. The molecule has 0 aromatic heterocycles. The molecule has 40 heavy (non-hydrogen) atoms. The van der Waals surface area contributed by atoms with Crippen molar-refractivity contribution >= 4 is 43.5 Å². The molecule has 0 heterocycles. The van der Waals surface area contributed by atoms with Crippen LogP contribution in [-0.4, -0.2) is 50.0 Å². The summed E-state index contributed by atoms with van der Waals surface area (Å²) in [5.74, 6) is -0.745. The summed E-state index contributed by atoms with van der Waals surface area (Å²) >= 11 is 3.49. The summed E-state index contributed by atoms with van der Waals surface area (Å²) in [4.78, 5) is 29.4. The number of nitrogens with one attached hydrogen (secondary N) is 1. The molecule has 0 aliphatic carbocycles. The molecule has 3 aromatic rings. The van der Waals surface area contributed by atoms with Gasteiger partial charge in [0, 0.05) is 23.5 Å². The van der Waals surface area contributed by atoms with E-state index in [1.54, 1.807) is 12.1 Å². The van der Waals surface area contributed by atoms with Crippen molar-refractivity contribution in [1.29, 1.82) is 0 Å². The van der Waals surface area contributed by atoms with E-state index in [1.807, 2.05) is 88.4 Å². The van der Waals surface area contributed by atoms with E-state index in [-0.39, 0.29) is 24.9 Å². The van der Waals surface area contributed by atoms with Gasteiger partial charge in [0.25, 0.3) is 0 Å². The number of sulfonamides is 1. The fraction of sp³-hybridized carbons (Fsp3) is 0.355. The molecule has 0 saturated heterocycles. The first kappa shape index (κ1) is 31.4. The molecule has 9 heteroatoms. The number of benzene rings is 3. The zero-order chi connectivity index (χ0) is 29.4. The molecule has 3 aromatic carbocycles. The molecule has 7 nitrogen and oxygen atoms in total. The van der Waals surface area contributed by atoms with Crippen LogP contribution in [0.15, 0.2) is 77.3 Å². The zero-order valence-electron chi connectivity index (χ0n) is 23.7. The van der Waals surface area contributed by atoms with E-state index >= 15 is 0 Å². The number of halogens is 1. The molecule has 0 fully saturated rings. The first-order chi connectivity index (χ1) is 18.9. The SMILES string of the molecule is CC[C@@H](C)NC(=O)[C@@H](Cc1ccccc1)N(Cc1cccc(Br)c1)C(=O)CN(c1cccc(C)c1C)S(C)(=O)=O. The molecule has 214 valence electrons. The van der Waals surface area contributed by atoms with Crippen LogP contribution >= 0.6 is 15.9 Å². The third-order valence-corrected chi connectivity index (χ3v) is 8.66. The monoisotopic (exact) mass is 627 g/mol. The summed E-state index contributed by atoms with van der Waals surface area (Å²) in [5.41, 5.74) is 3.85. The third kappa shape index (κ3) is 8.41. The number of hydrogen-bond acceptors (Lipinski definition) is 4. The van der Waals surface area contributed by atoms with Gasteiger partial charge < -0.3 is 10.2 Å². The molecule has 0 aliphatic heterocycles. The molecule has 2 amide bonds. The summed E-state index contributed by atoms with van der Waals surface area (Å²) in [6, 6.07) is 21.5. The van der Waals surface area contributed by atoms with Gasteiger partial charge >= 0.3 is 0 Å². The average molecular weight is 629 g/mol. The Morgan fingerprint density at radius 2 is 1.60 bits per heavy atom. The summed E-state index contributed by atoms with van der Waals surface area (Å²) in [6.07, 6.45) is 2.11. The molecular weight excluding hydrogens is 590 g/mol. The highest BCUT2D eigenvalue weighted by Crippen LogP contribution is 2.26. The van der Waals surface area contributed by atoms with Crippen LogP contribution in [0.2, 0.25) is 0 Å². The summed E-state index contributed by atoms with van der Waals surface area (Å²) in [6.45, 7) is 7.34. The number of anilines is 1. The Hall–Kier alpha value is -3.17. The lowest BCUT2D eigenvalue weighted by atomic mass is 10.0. The van der Waals surface area contributed by atoms with Gasteiger partial charge in [0.15, 0.2) is 0 Å². The minimum Gasteiger partial charge on any atom is -0.352 e. The van der Waals surface area contributed by atoms with E-state index in [9.17, 15) is 18.0 Å². The van der Waals surface area contributed by atoms with E-state index < -0.39 is 28.5 Å².